The molecule has 1 heterocycles. The molecule has 0 atom stereocenters. The van der Waals surface area contributed by atoms with Gasteiger partial charge in [0.1, 0.15) is 0 Å². The van der Waals surface area contributed by atoms with E-state index >= 15 is 0 Å². The van der Waals surface area contributed by atoms with Gasteiger partial charge < -0.3 is 15.1 Å². The number of amides is 1. The quantitative estimate of drug-likeness (QED) is 0.450. The van der Waals surface area contributed by atoms with Crippen molar-refractivity contribution < 1.29 is 4.79 Å². The maximum absolute atomic E-state index is 11.5. The van der Waals surface area contributed by atoms with Gasteiger partial charge in [0.25, 0.3) is 0 Å². The highest BCUT2D eigenvalue weighted by Crippen LogP contribution is 2.46. The van der Waals surface area contributed by atoms with Gasteiger partial charge >= 0.3 is 0 Å². The molecule has 0 unspecified atom stereocenters. The summed E-state index contributed by atoms with van der Waals surface area (Å²) >= 11 is 0. The first-order valence-electron chi connectivity index (χ1n) is 6.82. The number of halogens is 1. The molecule has 0 spiro atoms. The largest absolute Gasteiger partial charge is 0.356 e. The van der Waals surface area contributed by atoms with Crippen LogP contribution in [0.3, 0.4) is 0 Å². The average Bonchev–Trinajstić information content (AvgIpc) is 2.32. The van der Waals surface area contributed by atoms with Crippen LogP contribution in [-0.2, 0) is 4.79 Å². The Morgan fingerprint density at radius 1 is 1.30 bits per heavy atom. The zero-order valence-electron chi connectivity index (χ0n) is 13.8. The van der Waals surface area contributed by atoms with Crippen LogP contribution in [0, 0.1) is 5.41 Å². The monoisotopic (exact) mass is 396 g/mol. The summed E-state index contributed by atoms with van der Waals surface area (Å²) in [4.78, 5) is 19.7. The van der Waals surface area contributed by atoms with E-state index in [-0.39, 0.29) is 40.8 Å². The van der Waals surface area contributed by atoms with Crippen LogP contribution in [0.25, 0.3) is 0 Å². The fourth-order valence-corrected chi connectivity index (χ4v) is 2.20. The molecule has 0 radical (unpaired) electrons. The molecule has 0 aliphatic carbocycles. The Hall–Kier alpha value is -0.530. The first kappa shape index (κ1) is 19.5. The number of hydrogen-bond donors (Lipinski definition) is 1. The van der Waals surface area contributed by atoms with Crippen LogP contribution >= 0.6 is 24.0 Å². The van der Waals surface area contributed by atoms with Gasteiger partial charge in [-0.1, -0.05) is 13.8 Å². The molecular formula is C14H29IN4O. The van der Waals surface area contributed by atoms with E-state index in [9.17, 15) is 4.79 Å². The van der Waals surface area contributed by atoms with E-state index in [1.807, 2.05) is 0 Å². The Kier molecular flexibility index (Phi) is 6.77. The third kappa shape index (κ3) is 3.77. The first-order chi connectivity index (χ1) is 8.63. The molecule has 5 nitrogen and oxygen atoms in total. The van der Waals surface area contributed by atoms with Gasteiger partial charge in [-0.15, -0.1) is 24.0 Å². The summed E-state index contributed by atoms with van der Waals surface area (Å²) in [5.41, 5.74) is 0.366. The van der Waals surface area contributed by atoms with Gasteiger partial charge in [0.05, 0.1) is 0 Å². The summed E-state index contributed by atoms with van der Waals surface area (Å²) in [6, 6.07) is 0. The summed E-state index contributed by atoms with van der Waals surface area (Å²) in [5, 5.41) is 3.28. The third-order valence-corrected chi connectivity index (χ3v) is 4.47. The minimum atomic E-state index is 0. The van der Waals surface area contributed by atoms with Gasteiger partial charge in [-0.3, -0.25) is 9.79 Å². The van der Waals surface area contributed by atoms with Crippen molar-refractivity contribution in [1.82, 2.24) is 15.1 Å². The van der Waals surface area contributed by atoms with Crippen LogP contribution in [-0.4, -0.2) is 61.4 Å². The fraction of sp³-hybridized carbons (Fsp3) is 0.857. The molecule has 1 aliphatic heterocycles. The second kappa shape index (κ2) is 6.95. The molecule has 0 aromatic heterocycles. The Labute approximate surface area is 140 Å². The van der Waals surface area contributed by atoms with Gasteiger partial charge in [-0.25, -0.2) is 0 Å². The zero-order chi connectivity index (χ0) is 14.8. The number of rotatable bonds is 3. The Morgan fingerprint density at radius 3 is 2.20 bits per heavy atom. The maximum Gasteiger partial charge on any atom is 0.223 e. The molecule has 0 aromatic rings. The van der Waals surface area contributed by atoms with Gasteiger partial charge in [0.2, 0.25) is 5.91 Å². The van der Waals surface area contributed by atoms with Crippen molar-refractivity contribution in [3.8, 4) is 0 Å². The lowest BCUT2D eigenvalue weighted by molar-refractivity contribution is -0.128. The van der Waals surface area contributed by atoms with E-state index in [1.54, 1.807) is 26.0 Å². The SMILES string of the molecule is CN=C(NCCC(=O)N(C)C)N1CC(C)(C)C1(C)C.I. The summed E-state index contributed by atoms with van der Waals surface area (Å²) in [7, 11) is 5.34. The number of carbonyl (C=O) groups is 1. The number of carbonyl (C=O) groups excluding carboxylic acids is 1. The van der Waals surface area contributed by atoms with E-state index in [0.717, 1.165) is 12.5 Å². The van der Waals surface area contributed by atoms with Crippen LogP contribution in [0.2, 0.25) is 0 Å². The lowest BCUT2D eigenvalue weighted by Gasteiger charge is -2.62. The Morgan fingerprint density at radius 2 is 1.85 bits per heavy atom. The van der Waals surface area contributed by atoms with Gasteiger partial charge in [0, 0.05) is 51.6 Å². The summed E-state index contributed by atoms with van der Waals surface area (Å²) < 4.78 is 0. The molecule has 1 saturated heterocycles. The van der Waals surface area contributed by atoms with Crippen molar-refractivity contribution in [2.75, 3.05) is 34.2 Å². The van der Waals surface area contributed by atoms with Crippen molar-refractivity contribution in [3.63, 3.8) is 0 Å². The molecule has 0 bridgehead atoms. The third-order valence-electron chi connectivity index (χ3n) is 4.47. The van der Waals surface area contributed by atoms with Gasteiger partial charge in [0.15, 0.2) is 5.96 Å². The minimum Gasteiger partial charge on any atom is -0.356 e. The highest BCUT2D eigenvalue weighted by molar-refractivity contribution is 14.0. The van der Waals surface area contributed by atoms with Crippen LogP contribution in [0.5, 0.6) is 0 Å². The first-order valence-corrected chi connectivity index (χ1v) is 6.82. The van der Waals surface area contributed by atoms with Crippen LogP contribution < -0.4 is 5.32 Å². The topological polar surface area (TPSA) is 47.9 Å². The summed E-state index contributed by atoms with van der Waals surface area (Å²) in [5.74, 6) is 1.02. The number of guanidine groups is 1. The highest BCUT2D eigenvalue weighted by Gasteiger charge is 2.53. The second-order valence-electron chi connectivity index (χ2n) is 6.54. The van der Waals surface area contributed by atoms with Gasteiger partial charge in [-0.2, -0.15) is 0 Å². The Balaban J connectivity index is 0.00000361. The molecule has 1 fully saturated rings. The predicted octanol–water partition coefficient (Wildman–Crippen LogP) is 1.78. The molecule has 20 heavy (non-hydrogen) atoms. The molecule has 1 aliphatic rings. The van der Waals surface area contributed by atoms with Crippen LogP contribution in [0.4, 0.5) is 0 Å². The highest BCUT2D eigenvalue weighted by atomic mass is 127. The molecule has 1 N–H and O–H groups in total. The average molecular weight is 396 g/mol. The molecule has 118 valence electrons. The standard InChI is InChI=1S/C14H28N4O.HI/c1-13(2)10-18(14(13,3)4)12(15-5)16-9-8-11(19)17(6)7;/h8-10H2,1-7H3,(H,15,16);1H. The number of nitrogens with zero attached hydrogens (tertiary/aromatic N) is 3. The van der Waals surface area contributed by atoms with Gasteiger partial charge in [-0.05, 0) is 13.8 Å². The van der Waals surface area contributed by atoms with E-state index in [1.165, 1.54) is 0 Å². The number of hydrogen-bond acceptors (Lipinski definition) is 2. The molecule has 0 saturated carbocycles. The van der Waals surface area contributed by atoms with Crippen molar-refractivity contribution in [1.29, 1.82) is 0 Å². The normalized spacial score (nSPS) is 19.8. The number of likely N-dealkylation sites (tertiary alicyclic amines) is 1. The number of aliphatic imine (C=N–C) groups is 1. The van der Waals surface area contributed by atoms with Crippen molar-refractivity contribution in [2.24, 2.45) is 10.4 Å². The minimum absolute atomic E-state index is 0. The van der Waals surface area contributed by atoms with E-state index < -0.39 is 0 Å². The fourth-order valence-electron chi connectivity index (χ4n) is 2.20. The predicted molar refractivity (Wildman–Crippen MR) is 94.7 cm³/mol. The molecule has 6 heteroatoms. The summed E-state index contributed by atoms with van der Waals surface area (Å²) in [6.45, 7) is 10.6. The summed E-state index contributed by atoms with van der Waals surface area (Å²) in [6.07, 6.45) is 0.490. The van der Waals surface area contributed by atoms with Crippen molar-refractivity contribution >= 4 is 35.8 Å². The zero-order valence-corrected chi connectivity index (χ0v) is 16.1. The Bertz CT molecular complexity index is 377. The lowest BCUT2D eigenvalue weighted by Crippen LogP contribution is -2.72. The van der Waals surface area contributed by atoms with Crippen LogP contribution in [0.1, 0.15) is 34.1 Å². The number of nitrogens with one attached hydrogen (secondary N) is 1. The van der Waals surface area contributed by atoms with Crippen molar-refractivity contribution in [3.05, 3.63) is 0 Å². The van der Waals surface area contributed by atoms with E-state index in [2.05, 4.69) is 42.9 Å². The van der Waals surface area contributed by atoms with Crippen molar-refractivity contribution in [2.45, 2.75) is 39.7 Å². The van der Waals surface area contributed by atoms with E-state index in [0.29, 0.717) is 13.0 Å². The lowest BCUT2D eigenvalue weighted by atomic mass is 9.65. The van der Waals surface area contributed by atoms with E-state index in [4.69, 9.17) is 0 Å². The maximum atomic E-state index is 11.5. The molecule has 0 aromatic carbocycles. The smallest absolute Gasteiger partial charge is 0.223 e. The molecular weight excluding hydrogens is 367 g/mol. The molecule has 1 amide bonds. The molecule has 1 rings (SSSR count). The second-order valence-corrected chi connectivity index (χ2v) is 6.54. The van der Waals surface area contributed by atoms with Crippen LogP contribution in [0.15, 0.2) is 4.99 Å².